The van der Waals surface area contributed by atoms with Gasteiger partial charge in [-0.05, 0) is 47.9 Å². The van der Waals surface area contributed by atoms with E-state index in [0.29, 0.717) is 19.4 Å². The van der Waals surface area contributed by atoms with Crippen LogP contribution in [0, 0.1) is 11.8 Å². The van der Waals surface area contributed by atoms with Gasteiger partial charge in [0.15, 0.2) is 0 Å². The molecule has 7 nitrogen and oxygen atoms in total. The van der Waals surface area contributed by atoms with Crippen LogP contribution in [0.1, 0.15) is 50.7 Å². The van der Waals surface area contributed by atoms with Crippen LogP contribution in [0.4, 0.5) is 4.79 Å². The molecule has 4 rings (SSSR count). The highest BCUT2D eigenvalue weighted by atomic mass is 16.5. The largest absolute Gasteiger partial charge is 0.481 e. The van der Waals surface area contributed by atoms with Gasteiger partial charge in [-0.2, -0.15) is 0 Å². The summed E-state index contributed by atoms with van der Waals surface area (Å²) in [5, 5.41) is 12.2. The maximum absolute atomic E-state index is 13.2. The van der Waals surface area contributed by atoms with Crippen LogP contribution < -0.4 is 5.32 Å². The van der Waals surface area contributed by atoms with Crippen molar-refractivity contribution >= 4 is 18.0 Å². The molecule has 2 amide bonds. The van der Waals surface area contributed by atoms with Crippen molar-refractivity contribution in [1.29, 1.82) is 0 Å². The number of nitrogens with zero attached hydrogens (tertiary/aromatic N) is 1. The van der Waals surface area contributed by atoms with Gasteiger partial charge in [0.1, 0.15) is 12.6 Å². The quantitative estimate of drug-likeness (QED) is 0.638. The molecule has 2 N–H and O–H groups in total. The number of carboxylic acid groups (broad SMARTS) is 1. The first-order valence-corrected chi connectivity index (χ1v) is 11.9. The number of carbonyl (C=O) groups excluding carboxylic acids is 2. The molecule has 1 aliphatic heterocycles. The standard InChI is InChI=1S/C27H32N2O5/c1-16(2)14-24(25(30)29-13-12-18(17(29)3)26(31)32)28-27(33)34-15-23-21-10-6-4-8-19(21)20-9-5-7-11-22(20)23/h4-11,16-18,23-24H,12-15H2,1-3H3,(H,28,33)(H,31,32)/t17?,18?,24-/m0/s1. The second-order valence-electron chi connectivity index (χ2n) is 9.66. The lowest BCUT2D eigenvalue weighted by molar-refractivity contribution is -0.143. The number of amides is 2. The molecule has 0 saturated carbocycles. The Bertz CT molecular complexity index is 1040. The highest BCUT2D eigenvalue weighted by Gasteiger charge is 2.40. The normalized spacial score (nSPS) is 20.1. The molecule has 0 aromatic heterocycles. The van der Waals surface area contributed by atoms with E-state index in [1.54, 1.807) is 11.8 Å². The van der Waals surface area contributed by atoms with Crippen LogP contribution in [0.15, 0.2) is 48.5 Å². The van der Waals surface area contributed by atoms with E-state index in [0.717, 1.165) is 22.3 Å². The summed E-state index contributed by atoms with van der Waals surface area (Å²) in [5.74, 6) is -1.63. The van der Waals surface area contributed by atoms with Gasteiger partial charge in [-0.25, -0.2) is 4.79 Å². The van der Waals surface area contributed by atoms with Crippen LogP contribution in [0.2, 0.25) is 0 Å². The summed E-state index contributed by atoms with van der Waals surface area (Å²) >= 11 is 0. The van der Waals surface area contributed by atoms with Crippen molar-refractivity contribution in [1.82, 2.24) is 10.2 Å². The van der Waals surface area contributed by atoms with E-state index in [2.05, 4.69) is 29.6 Å². The summed E-state index contributed by atoms with van der Waals surface area (Å²) in [6.07, 6.45) is 0.230. The number of rotatable bonds is 7. The molecule has 180 valence electrons. The predicted molar refractivity (Wildman–Crippen MR) is 128 cm³/mol. The van der Waals surface area contributed by atoms with Crippen molar-refractivity contribution in [2.24, 2.45) is 11.8 Å². The fraction of sp³-hybridized carbons (Fsp3) is 0.444. The first-order chi connectivity index (χ1) is 16.3. The van der Waals surface area contributed by atoms with Crippen molar-refractivity contribution in [3.63, 3.8) is 0 Å². The Balaban J connectivity index is 1.43. The topological polar surface area (TPSA) is 95.9 Å². The Kier molecular flexibility index (Phi) is 6.91. The molecule has 1 heterocycles. The number of alkyl carbamates (subject to hydrolysis) is 1. The molecular formula is C27H32N2O5. The molecule has 2 aliphatic rings. The van der Waals surface area contributed by atoms with E-state index in [4.69, 9.17) is 4.74 Å². The third-order valence-corrected chi connectivity index (χ3v) is 7.00. The lowest BCUT2D eigenvalue weighted by Crippen LogP contribution is -2.51. The van der Waals surface area contributed by atoms with E-state index < -0.39 is 30.1 Å². The highest BCUT2D eigenvalue weighted by molar-refractivity contribution is 5.87. The summed E-state index contributed by atoms with van der Waals surface area (Å²) in [5.41, 5.74) is 4.54. The molecule has 0 bridgehead atoms. The maximum Gasteiger partial charge on any atom is 0.407 e. The number of ether oxygens (including phenoxy) is 1. The molecule has 0 radical (unpaired) electrons. The number of hydrogen-bond donors (Lipinski definition) is 2. The van der Waals surface area contributed by atoms with Gasteiger partial charge < -0.3 is 20.1 Å². The molecule has 7 heteroatoms. The number of nitrogens with one attached hydrogen (secondary N) is 1. The monoisotopic (exact) mass is 464 g/mol. The second-order valence-corrected chi connectivity index (χ2v) is 9.66. The molecule has 3 atom stereocenters. The molecule has 2 unspecified atom stereocenters. The number of carboxylic acids is 1. The van der Waals surface area contributed by atoms with Gasteiger partial charge in [-0.15, -0.1) is 0 Å². The first-order valence-electron chi connectivity index (χ1n) is 11.9. The molecule has 1 saturated heterocycles. The Labute approximate surface area is 200 Å². The van der Waals surface area contributed by atoms with Gasteiger partial charge in [0.2, 0.25) is 5.91 Å². The summed E-state index contributed by atoms with van der Waals surface area (Å²) in [6, 6.07) is 15.1. The van der Waals surface area contributed by atoms with Crippen LogP contribution in [0.25, 0.3) is 11.1 Å². The molecule has 0 spiro atoms. The van der Waals surface area contributed by atoms with Gasteiger partial charge in [0, 0.05) is 18.5 Å². The number of benzene rings is 2. The van der Waals surface area contributed by atoms with Gasteiger partial charge in [0.05, 0.1) is 5.92 Å². The second kappa shape index (κ2) is 9.87. The van der Waals surface area contributed by atoms with Crippen molar-refractivity contribution in [3.8, 4) is 11.1 Å². The van der Waals surface area contributed by atoms with E-state index >= 15 is 0 Å². The first kappa shape index (κ1) is 23.8. The van der Waals surface area contributed by atoms with Crippen LogP contribution in [0.3, 0.4) is 0 Å². The molecule has 34 heavy (non-hydrogen) atoms. The summed E-state index contributed by atoms with van der Waals surface area (Å²) in [4.78, 5) is 39.1. The fourth-order valence-electron chi connectivity index (χ4n) is 5.26. The van der Waals surface area contributed by atoms with E-state index in [1.165, 1.54) is 0 Å². The van der Waals surface area contributed by atoms with Gasteiger partial charge in [-0.3, -0.25) is 9.59 Å². The smallest absolute Gasteiger partial charge is 0.407 e. The average molecular weight is 465 g/mol. The third-order valence-electron chi connectivity index (χ3n) is 7.00. The van der Waals surface area contributed by atoms with Crippen molar-refractivity contribution in [3.05, 3.63) is 59.7 Å². The van der Waals surface area contributed by atoms with E-state index in [-0.39, 0.29) is 24.3 Å². The number of aliphatic carboxylic acids is 1. The molecule has 1 fully saturated rings. The Morgan fingerprint density at radius 2 is 1.65 bits per heavy atom. The Hall–Kier alpha value is -3.35. The zero-order chi connectivity index (χ0) is 24.4. The predicted octanol–water partition coefficient (Wildman–Crippen LogP) is 4.26. The maximum atomic E-state index is 13.2. The van der Waals surface area contributed by atoms with Gasteiger partial charge in [-0.1, -0.05) is 62.4 Å². The lowest BCUT2D eigenvalue weighted by atomic mass is 9.98. The molecule has 2 aromatic rings. The van der Waals surface area contributed by atoms with Crippen molar-refractivity contribution in [2.75, 3.05) is 13.2 Å². The van der Waals surface area contributed by atoms with Crippen LogP contribution in [0.5, 0.6) is 0 Å². The molecule has 1 aliphatic carbocycles. The van der Waals surface area contributed by atoms with Crippen molar-refractivity contribution < 1.29 is 24.2 Å². The van der Waals surface area contributed by atoms with Crippen LogP contribution in [-0.2, 0) is 14.3 Å². The number of hydrogen-bond acceptors (Lipinski definition) is 4. The van der Waals surface area contributed by atoms with Crippen LogP contribution in [-0.4, -0.2) is 53.2 Å². The molecular weight excluding hydrogens is 432 g/mol. The Morgan fingerprint density at radius 1 is 1.06 bits per heavy atom. The minimum atomic E-state index is -0.896. The fourth-order valence-corrected chi connectivity index (χ4v) is 5.26. The number of fused-ring (bicyclic) bond motifs is 3. The summed E-state index contributed by atoms with van der Waals surface area (Å²) < 4.78 is 5.64. The van der Waals surface area contributed by atoms with Crippen molar-refractivity contribution in [2.45, 2.75) is 51.6 Å². The van der Waals surface area contributed by atoms with E-state index in [9.17, 15) is 19.5 Å². The zero-order valence-corrected chi connectivity index (χ0v) is 19.9. The number of carbonyl (C=O) groups is 3. The average Bonchev–Trinajstić information content (AvgIpc) is 3.34. The minimum Gasteiger partial charge on any atom is -0.481 e. The van der Waals surface area contributed by atoms with Gasteiger partial charge in [0.25, 0.3) is 0 Å². The number of likely N-dealkylation sites (tertiary alicyclic amines) is 1. The SMILES string of the molecule is CC(C)C[C@H](NC(=O)OCC1c2ccccc2-c2ccccc21)C(=O)N1CCC(C(=O)O)C1C. The Morgan fingerprint density at radius 3 is 2.18 bits per heavy atom. The summed E-state index contributed by atoms with van der Waals surface area (Å²) in [6.45, 7) is 6.26. The zero-order valence-electron chi connectivity index (χ0n) is 19.9. The highest BCUT2D eigenvalue weighted by Crippen LogP contribution is 2.44. The van der Waals surface area contributed by atoms with Crippen LogP contribution >= 0.6 is 0 Å². The summed E-state index contributed by atoms with van der Waals surface area (Å²) in [7, 11) is 0. The molecule has 2 aromatic carbocycles. The van der Waals surface area contributed by atoms with Gasteiger partial charge >= 0.3 is 12.1 Å². The lowest BCUT2D eigenvalue weighted by Gasteiger charge is -2.29. The minimum absolute atomic E-state index is 0.0627. The third kappa shape index (κ3) is 4.65. The van der Waals surface area contributed by atoms with E-state index in [1.807, 2.05) is 38.1 Å².